The topological polar surface area (TPSA) is 29.3 Å². The molecule has 21 heavy (non-hydrogen) atoms. The molecule has 0 amide bonds. The average molecular weight is 309 g/mol. The second-order valence-electron chi connectivity index (χ2n) is 7.56. The zero-order valence-electron chi connectivity index (χ0n) is 14.0. The van der Waals surface area contributed by atoms with Crippen molar-refractivity contribution in [2.75, 3.05) is 13.6 Å². The second-order valence-corrected chi connectivity index (χ2v) is 7.97. The summed E-state index contributed by atoms with van der Waals surface area (Å²) >= 11 is 6.39. The van der Waals surface area contributed by atoms with Crippen LogP contribution >= 0.6 is 11.6 Å². The number of hydrogen-bond acceptors (Lipinski definition) is 2. The summed E-state index contributed by atoms with van der Waals surface area (Å²) in [5.74, 6) is 0.590. The van der Waals surface area contributed by atoms with Gasteiger partial charge in [-0.1, -0.05) is 50.6 Å². The van der Waals surface area contributed by atoms with Crippen molar-refractivity contribution in [2.24, 2.45) is 17.1 Å². The third-order valence-electron chi connectivity index (χ3n) is 5.55. The molecular formula is C18H29ClN2. The van der Waals surface area contributed by atoms with Crippen molar-refractivity contribution in [2.45, 2.75) is 52.1 Å². The summed E-state index contributed by atoms with van der Waals surface area (Å²) in [4.78, 5) is 2.47. The highest BCUT2D eigenvalue weighted by atomic mass is 35.5. The van der Waals surface area contributed by atoms with Gasteiger partial charge in [0, 0.05) is 23.1 Å². The maximum absolute atomic E-state index is 6.39. The van der Waals surface area contributed by atoms with Crippen LogP contribution in [0.25, 0.3) is 0 Å². The van der Waals surface area contributed by atoms with Crippen molar-refractivity contribution in [1.82, 2.24) is 4.90 Å². The normalized spacial score (nSPS) is 29.8. The lowest BCUT2D eigenvalue weighted by atomic mass is 9.83. The van der Waals surface area contributed by atoms with Crippen LogP contribution in [0.1, 0.15) is 52.1 Å². The highest BCUT2D eigenvalue weighted by molar-refractivity contribution is 6.31. The Balaban J connectivity index is 2.33. The molecule has 1 fully saturated rings. The summed E-state index contributed by atoms with van der Waals surface area (Å²) in [5, 5.41) is 0.842. The van der Waals surface area contributed by atoms with E-state index in [1.165, 1.54) is 12.0 Å². The molecule has 1 aromatic rings. The minimum Gasteiger partial charge on any atom is -0.329 e. The van der Waals surface area contributed by atoms with E-state index in [0.29, 0.717) is 17.9 Å². The fourth-order valence-electron chi connectivity index (χ4n) is 4.39. The molecule has 3 atom stereocenters. The number of benzene rings is 1. The van der Waals surface area contributed by atoms with Gasteiger partial charge in [-0.2, -0.15) is 0 Å². The molecule has 0 saturated heterocycles. The number of likely N-dealkylation sites (N-methyl/N-ethyl adjacent to an activating group) is 1. The lowest BCUT2D eigenvalue weighted by Crippen LogP contribution is -2.55. The Bertz CT molecular complexity index is 500. The average Bonchev–Trinajstić information content (AvgIpc) is 2.67. The Morgan fingerprint density at radius 3 is 2.48 bits per heavy atom. The van der Waals surface area contributed by atoms with Gasteiger partial charge in [-0.05, 0) is 49.8 Å². The molecule has 2 N–H and O–H groups in total. The Kier molecular flexibility index (Phi) is 4.72. The highest BCUT2D eigenvalue weighted by Crippen LogP contribution is 2.51. The third-order valence-corrected chi connectivity index (χ3v) is 5.90. The number of nitrogens with two attached hydrogens (primary N) is 1. The van der Waals surface area contributed by atoms with Crippen LogP contribution in [0.15, 0.2) is 24.3 Å². The van der Waals surface area contributed by atoms with Crippen LogP contribution in [0, 0.1) is 11.3 Å². The van der Waals surface area contributed by atoms with E-state index in [2.05, 4.69) is 51.8 Å². The van der Waals surface area contributed by atoms with Crippen LogP contribution in [-0.4, -0.2) is 24.0 Å². The first-order valence-corrected chi connectivity index (χ1v) is 8.29. The first-order valence-electron chi connectivity index (χ1n) is 7.91. The third kappa shape index (κ3) is 2.99. The van der Waals surface area contributed by atoms with E-state index < -0.39 is 0 Å². The van der Waals surface area contributed by atoms with E-state index in [1.54, 1.807) is 0 Å². The zero-order valence-corrected chi connectivity index (χ0v) is 14.7. The highest BCUT2D eigenvalue weighted by Gasteiger charge is 2.51. The van der Waals surface area contributed by atoms with E-state index in [9.17, 15) is 0 Å². The maximum atomic E-state index is 6.39. The molecule has 1 saturated carbocycles. The van der Waals surface area contributed by atoms with Gasteiger partial charge in [0.05, 0.1) is 0 Å². The molecule has 2 nitrogen and oxygen atoms in total. The van der Waals surface area contributed by atoms with Crippen LogP contribution < -0.4 is 5.73 Å². The smallest absolute Gasteiger partial charge is 0.0453 e. The van der Waals surface area contributed by atoms with E-state index in [0.717, 1.165) is 11.4 Å². The van der Waals surface area contributed by atoms with Crippen LogP contribution in [0.4, 0.5) is 0 Å². The summed E-state index contributed by atoms with van der Waals surface area (Å²) in [6.07, 6.45) is 2.37. The number of halogens is 1. The van der Waals surface area contributed by atoms with Gasteiger partial charge in [0.15, 0.2) is 0 Å². The van der Waals surface area contributed by atoms with Gasteiger partial charge in [0.2, 0.25) is 0 Å². The minimum absolute atomic E-state index is 0.0576. The van der Waals surface area contributed by atoms with Crippen molar-refractivity contribution < 1.29 is 0 Å². The lowest BCUT2D eigenvalue weighted by Gasteiger charge is -2.45. The summed E-state index contributed by atoms with van der Waals surface area (Å²) in [7, 11) is 2.21. The molecule has 1 aliphatic carbocycles. The lowest BCUT2D eigenvalue weighted by molar-refractivity contribution is 0.0506. The second kappa shape index (κ2) is 5.91. The predicted molar refractivity (Wildman–Crippen MR) is 91.6 cm³/mol. The van der Waals surface area contributed by atoms with Gasteiger partial charge in [0.25, 0.3) is 0 Å². The van der Waals surface area contributed by atoms with Crippen molar-refractivity contribution >= 4 is 11.6 Å². The van der Waals surface area contributed by atoms with Gasteiger partial charge in [-0.15, -0.1) is 0 Å². The molecule has 0 radical (unpaired) electrons. The van der Waals surface area contributed by atoms with Crippen LogP contribution in [0.2, 0.25) is 5.02 Å². The number of hydrogen-bond donors (Lipinski definition) is 1. The molecule has 2 rings (SSSR count). The molecule has 0 spiro atoms. The number of rotatable bonds is 4. The van der Waals surface area contributed by atoms with Crippen LogP contribution in [-0.2, 0) is 0 Å². The Hall–Kier alpha value is -0.570. The van der Waals surface area contributed by atoms with Gasteiger partial charge in [-0.25, -0.2) is 0 Å². The zero-order chi connectivity index (χ0) is 15.8. The number of nitrogens with zero attached hydrogens (tertiary/aromatic N) is 1. The monoisotopic (exact) mass is 308 g/mol. The van der Waals surface area contributed by atoms with Crippen molar-refractivity contribution in [3.8, 4) is 0 Å². The SMILES string of the molecule is CC(c1ccccc1Cl)N(C)C1(CN)CC(C)(C)CC1C. The molecule has 3 unspecified atom stereocenters. The minimum atomic E-state index is 0.0576. The Morgan fingerprint density at radius 1 is 1.38 bits per heavy atom. The molecule has 3 heteroatoms. The molecule has 0 heterocycles. The quantitative estimate of drug-likeness (QED) is 0.888. The van der Waals surface area contributed by atoms with Gasteiger partial charge in [0.1, 0.15) is 0 Å². The largest absolute Gasteiger partial charge is 0.329 e. The molecule has 1 aliphatic rings. The van der Waals surface area contributed by atoms with E-state index in [4.69, 9.17) is 17.3 Å². The summed E-state index contributed by atoms with van der Waals surface area (Å²) < 4.78 is 0. The molecule has 1 aromatic carbocycles. The molecular weight excluding hydrogens is 280 g/mol. The molecule has 0 aliphatic heterocycles. The Morgan fingerprint density at radius 2 is 2.00 bits per heavy atom. The van der Waals surface area contributed by atoms with Gasteiger partial charge >= 0.3 is 0 Å². The van der Waals surface area contributed by atoms with Crippen LogP contribution in [0.3, 0.4) is 0 Å². The Labute approximate surface area is 134 Å². The summed E-state index contributed by atoms with van der Waals surface area (Å²) in [6, 6.07) is 8.40. The molecule has 118 valence electrons. The van der Waals surface area contributed by atoms with Crippen molar-refractivity contribution in [3.63, 3.8) is 0 Å². The van der Waals surface area contributed by atoms with E-state index in [1.807, 2.05) is 12.1 Å². The predicted octanol–water partition coefficient (Wildman–Crippen LogP) is 4.49. The van der Waals surface area contributed by atoms with E-state index in [-0.39, 0.29) is 11.6 Å². The van der Waals surface area contributed by atoms with Crippen molar-refractivity contribution in [1.29, 1.82) is 0 Å². The van der Waals surface area contributed by atoms with E-state index >= 15 is 0 Å². The molecule has 0 bridgehead atoms. The first-order chi connectivity index (χ1) is 9.73. The first kappa shape index (κ1) is 16.8. The molecule has 0 aromatic heterocycles. The fraction of sp³-hybridized carbons (Fsp3) is 0.667. The van der Waals surface area contributed by atoms with Gasteiger partial charge in [-0.3, -0.25) is 4.90 Å². The fourth-order valence-corrected chi connectivity index (χ4v) is 4.69. The summed E-state index contributed by atoms with van der Waals surface area (Å²) in [5.41, 5.74) is 7.86. The van der Waals surface area contributed by atoms with Gasteiger partial charge < -0.3 is 5.73 Å². The maximum Gasteiger partial charge on any atom is 0.0453 e. The summed E-state index contributed by atoms with van der Waals surface area (Å²) in [6.45, 7) is 9.99. The van der Waals surface area contributed by atoms with Crippen LogP contribution in [0.5, 0.6) is 0 Å². The van der Waals surface area contributed by atoms with Crippen molar-refractivity contribution in [3.05, 3.63) is 34.9 Å². The standard InChI is InChI=1S/C18H29ClN2/c1-13-10-17(3,4)11-18(13,12-20)21(5)14(2)15-8-6-7-9-16(15)19/h6-9,13-14H,10-12,20H2,1-5H3.